The lowest BCUT2D eigenvalue weighted by Gasteiger charge is -2.24. The van der Waals surface area contributed by atoms with E-state index in [-0.39, 0.29) is 12.5 Å². The second kappa shape index (κ2) is 10.1. The normalized spacial score (nSPS) is 11.1. The van der Waals surface area contributed by atoms with Crippen molar-refractivity contribution in [2.75, 3.05) is 42.1 Å². The maximum absolute atomic E-state index is 12.4. The van der Waals surface area contributed by atoms with Gasteiger partial charge in [-0.25, -0.2) is 8.42 Å². The average Bonchev–Trinajstić information content (AvgIpc) is 2.69. The topological polar surface area (TPSA) is 69.7 Å². The van der Waals surface area contributed by atoms with Crippen molar-refractivity contribution >= 4 is 27.3 Å². The number of anilines is 2. The van der Waals surface area contributed by atoms with Gasteiger partial charge in [-0.1, -0.05) is 43.3 Å². The molecule has 0 radical (unpaired) electrons. The van der Waals surface area contributed by atoms with E-state index in [1.807, 2.05) is 56.4 Å². The van der Waals surface area contributed by atoms with Crippen molar-refractivity contribution in [2.45, 2.75) is 19.8 Å². The molecule has 0 aliphatic rings. The number of carbonyl (C=O) groups is 1. The van der Waals surface area contributed by atoms with E-state index in [0.29, 0.717) is 18.7 Å². The molecule has 0 aliphatic carbocycles. The summed E-state index contributed by atoms with van der Waals surface area (Å²) in [6, 6.07) is 17.3. The summed E-state index contributed by atoms with van der Waals surface area (Å²) in [5, 5.41) is 2.83. The van der Waals surface area contributed by atoms with E-state index in [1.165, 1.54) is 4.31 Å². The fourth-order valence-corrected chi connectivity index (χ4v) is 3.86. The quantitative estimate of drug-likeness (QED) is 0.619. The van der Waals surface area contributed by atoms with E-state index in [4.69, 9.17) is 0 Å². The minimum atomic E-state index is -3.56. The monoisotopic (exact) mass is 403 g/mol. The zero-order valence-corrected chi connectivity index (χ0v) is 17.6. The first-order chi connectivity index (χ1) is 13.3. The zero-order valence-electron chi connectivity index (χ0n) is 16.8. The Morgan fingerprint density at radius 3 is 2.32 bits per heavy atom. The highest BCUT2D eigenvalue weighted by atomic mass is 32.2. The van der Waals surface area contributed by atoms with Crippen LogP contribution in [0.4, 0.5) is 11.4 Å². The van der Waals surface area contributed by atoms with Crippen molar-refractivity contribution < 1.29 is 13.2 Å². The molecule has 6 nitrogen and oxygen atoms in total. The van der Waals surface area contributed by atoms with Crippen molar-refractivity contribution in [3.05, 3.63) is 60.2 Å². The van der Waals surface area contributed by atoms with Gasteiger partial charge in [0, 0.05) is 25.8 Å². The third kappa shape index (κ3) is 6.27. The molecule has 28 heavy (non-hydrogen) atoms. The van der Waals surface area contributed by atoms with E-state index < -0.39 is 10.0 Å². The number of nitrogens with zero attached hydrogens (tertiary/aromatic N) is 2. The van der Waals surface area contributed by atoms with Gasteiger partial charge in [0.25, 0.3) is 0 Å². The average molecular weight is 404 g/mol. The Bertz CT molecular complexity index is 869. The van der Waals surface area contributed by atoms with Crippen LogP contribution in [0.5, 0.6) is 0 Å². The van der Waals surface area contributed by atoms with Crippen molar-refractivity contribution in [1.29, 1.82) is 0 Å². The maximum Gasteiger partial charge on any atom is 0.240 e. The molecular weight excluding hydrogens is 374 g/mol. The number of sulfonamides is 1. The largest absolute Gasteiger partial charge is 0.375 e. The lowest BCUT2D eigenvalue weighted by Crippen LogP contribution is -2.41. The van der Waals surface area contributed by atoms with E-state index in [2.05, 4.69) is 10.2 Å². The summed E-state index contributed by atoms with van der Waals surface area (Å²) in [6.07, 6.45) is 2.58. The minimum Gasteiger partial charge on any atom is -0.375 e. The van der Waals surface area contributed by atoms with Crippen molar-refractivity contribution in [2.24, 2.45) is 0 Å². The number of amides is 1. The highest BCUT2D eigenvalue weighted by Gasteiger charge is 2.22. The molecule has 1 N–H and O–H groups in total. The summed E-state index contributed by atoms with van der Waals surface area (Å²) < 4.78 is 25.7. The number of aryl methyl sites for hydroxylation is 1. The van der Waals surface area contributed by atoms with Gasteiger partial charge >= 0.3 is 0 Å². The molecule has 0 bridgehead atoms. The van der Waals surface area contributed by atoms with Gasteiger partial charge in [-0.05, 0) is 36.6 Å². The molecule has 0 atom stereocenters. The summed E-state index contributed by atoms with van der Waals surface area (Å²) in [5.41, 5.74) is 2.57. The Morgan fingerprint density at radius 1 is 1.04 bits per heavy atom. The molecule has 0 unspecified atom stereocenters. The number of rotatable bonds is 10. The smallest absolute Gasteiger partial charge is 0.240 e. The molecule has 2 aromatic rings. The minimum absolute atomic E-state index is 0.218. The first-order valence-electron chi connectivity index (χ1n) is 9.41. The number of nitrogens with one attached hydrogen (secondary N) is 1. The number of hydrogen-bond donors (Lipinski definition) is 1. The van der Waals surface area contributed by atoms with E-state index in [1.54, 1.807) is 12.1 Å². The zero-order chi connectivity index (χ0) is 20.6. The molecule has 152 valence electrons. The summed E-state index contributed by atoms with van der Waals surface area (Å²) >= 11 is 0. The van der Waals surface area contributed by atoms with Crippen LogP contribution in [0.2, 0.25) is 0 Å². The lowest BCUT2D eigenvalue weighted by atomic mass is 10.1. The van der Waals surface area contributed by atoms with Crippen LogP contribution in [0, 0.1) is 0 Å². The van der Waals surface area contributed by atoms with Gasteiger partial charge < -0.3 is 10.2 Å². The molecule has 0 fully saturated rings. The van der Waals surface area contributed by atoms with Crippen molar-refractivity contribution in [1.82, 2.24) is 5.32 Å². The Hall–Kier alpha value is -2.54. The fourth-order valence-electron chi connectivity index (χ4n) is 2.98. The van der Waals surface area contributed by atoms with Crippen LogP contribution in [-0.4, -0.2) is 47.3 Å². The van der Waals surface area contributed by atoms with Gasteiger partial charge in [-0.3, -0.25) is 9.10 Å². The number of para-hydroxylation sites is 2. The Labute approximate surface area is 168 Å². The number of benzene rings is 2. The molecule has 7 heteroatoms. The van der Waals surface area contributed by atoms with Crippen molar-refractivity contribution in [3.8, 4) is 0 Å². The molecule has 0 spiro atoms. The first-order valence-corrected chi connectivity index (χ1v) is 11.3. The second-order valence-electron chi connectivity index (χ2n) is 6.71. The maximum atomic E-state index is 12.4. The molecule has 0 saturated carbocycles. The van der Waals surface area contributed by atoms with Crippen LogP contribution < -0.4 is 14.5 Å². The number of hydrogen-bond acceptors (Lipinski definition) is 4. The predicted octanol–water partition coefficient (Wildman–Crippen LogP) is 2.66. The lowest BCUT2D eigenvalue weighted by molar-refractivity contribution is -0.119. The highest BCUT2D eigenvalue weighted by Crippen LogP contribution is 2.23. The first kappa shape index (κ1) is 21.8. The summed E-state index contributed by atoms with van der Waals surface area (Å²) in [7, 11) is -1.56. The van der Waals surface area contributed by atoms with Gasteiger partial charge in [0.1, 0.15) is 6.54 Å². The van der Waals surface area contributed by atoms with Crippen LogP contribution in [0.1, 0.15) is 18.9 Å². The predicted molar refractivity (Wildman–Crippen MR) is 115 cm³/mol. The Kier molecular flexibility index (Phi) is 7.87. The molecule has 0 saturated heterocycles. The Morgan fingerprint density at radius 2 is 1.68 bits per heavy atom. The molecular formula is C21H29N3O3S. The third-order valence-corrected chi connectivity index (χ3v) is 5.64. The third-order valence-electron chi connectivity index (χ3n) is 4.52. The van der Waals surface area contributed by atoms with E-state index in [9.17, 15) is 13.2 Å². The molecule has 0 aromatic heterocycles. The van der Waals surface area contributed by atoms with Crippen molar-refractivity contribution in [3.63, 3.8) is 0 Å². The summed E-state index contributed by atoms with van der Waals surface area (Å²) in [5.74, 6) is -0.307. The van der Waals surface area contributed by atoms with Gasteiger partial charge in [0.05, 0.1) is 11.9 Å². The standard InChI is InChI=1S/C21H29N3O3S/c1-4-18-11-8-9-14-20(18)24(28(3,26)27)17-21(25)22-15-10-16-23(2)19-12-6-5-7-13-19/h5-9,11-14H,4,10,15-17H2,1-3H3,(H,22,25). The Balaban J connectivity index is 1.90. The SMILES string of the molecule is CCc1ccccc1N(CC(=O)NCCCN(C)c1ccccc1)S(C)(=O)=O. The van der Waals surface area contributed by atoms with Gasteiger partial charge in [0.2, 0.25) is 15.9 Å². The summed E-state index contributed by atoms with van der Waals surface area (Å²) in [6.45, 7) is 3.02. The highest BCUT2D eigenvalue weighted by molar-refractivity contribution is 7.92. The van der Waals surface area contributed by atoms with Gasteiger partial charge in [-0.15, -0.1) is 0 Å². The fraction of sp³-hybridized carbons (Fsp3) is 0.381. The summed E-state index contributed by atoms with van der Waals surface area (Å²) in [4.78, 5) is 14.5. The molecule has 2 rings (SSSR count). The molecule has 0 heterocycles. The van der Waals surface area contributed by atoms with Crippen LogP contribution >= 0.6 is 0 Å². The molecule has 2 aromatic carbocycles. The van der Waals surface area contributed by atoms with Crippen LogP contribution in [-0.2, 0) is 21.2 Å². The second-order valence-corrected chi connectivity index (χ2v) is 8.62. The van der Waals surface area contributed by atoms with Gasteiger partial charge in [-0.2, -0.15) is 0 Å². The van der Waals surface area contributed by atoms with E-state index >= 15 is 0 Å². The van der Waals surface area contributed by atoms with E-state index in [0.717, 1.165) is 30.5 Å². The number of carbonyl (C=O) groups excluding carboxylic acids is 1. The van der Waals surface area contributed by atoms with Gasteiger partial charge in [0.15, 0.2) is 0 Å². The van der Waals surface area contributed by atoms with Crippen LogP contribution in [0.15, 0.2) is 54.6 Å². The van der Waals surface area contributed by atoms with Crippen LogP contribution in [0.25, 0.3) is 0 Å². The molecule has 0 aliphatic heterocycles. The van der Waals surface area contributed by atoms with Crippen LogP contribution in [0.3, 0.4) is 0 Å². The molecule has 1 amide bonds.